The summed E-state index contributed by atoms with van der Waals surface area (Å²) in [4.78, 5) is 8.02. The van der Waals surface area contributed by atoms with Crippen molar-refractivity contribution in [3.8, 4) is 11.1 Å². The van der Waals surface area contributed by atoms with Crippen LogP contribution in [0.25, 0.3) is 11.1 Å². The molecular formula is C12H11N2O2S. The number of nitrogens with zero attached hydrogens (tertiary/aromatic N) is 2. The summed E-state index contributed by atoms with van der Waals surface area (Å²) in [5, 5.41) is 0. The van der Waals surface area contributed by atoms with Crippen LogP contribution in [-0.2, 0) is 15.6 Å². The van der Waals surface area contributed by atoms with Crippen molar-refractivity contribution < 1.29 is 8.42 Å². The summed E-state index contributed by atoms with van der Waals surface area (Å²) < 4.78 is 22.4. The third-order valence-electron chi connectivity index (χ3n) is 2.24. The van der Waals surface area contributed by atoms with Crippen LogP contribution in [-0.4, -0.2) is 18.4 Å². The van der Waals surface area contributed by atoms with Crippen LogP contribution < -0.4 is 0 Å². The lowest BCUT2D eigenvalue weighted by Crippen LogP contribution is -2.02. The maximum Gasteiger partial charge on any atom is 0.157 e. The van der Waals surface area contributed by atoms with E-state index in [-0.39, 0.29) is 5.75 Å². The van der Waals surface area contributed by atoms with Gasteiger partial charge in [0.25, 0.3) is 0 Å². The molecule has 4 nitrogen and oxygen atoms in total. The fourth-order valence-corrected chi connectivity index (χ4v) is 2.20. The molecule has 2 aromatic rings. The van der Waals surface area contributed by atoms with Crippen LogP contribution in [0.3, 0.4) is 0 Å². The predicted octanol–water partition coefficient (Wildman–Crippen LogP) is 1.85. The van der Waals surface area contributed by atoms with Gasteiger partial charge in [-0.25, -0.2) is 8.42 Å². The second kappa shape index (κ2) is 4.63. The highest BCUT2D eigenvalue weighted by Gasteiger charge is 2.11. The second-order valence-corrected chi connectivity index (χ2v) is 5.40. The molecule has 5 heteroatoms. The Hall–Kier alpha value is -1.75. The van der Waals surface area contributed by atoms with Crippen LogP contribution in [0.15, 0.2) is 42.9 Å². The Balaban J connectivity index is 2.49. The zero-order chi connectivity index (χ0) is 12.3. The number of hydrogen-bond acceptors (Lipinski definition) is 4. The van der Waals surface area contributed by atoms with Crippen LogP contribution in [0.5, 0.6) is 0 Å². The van der Waals surface area contributed by atoms with Crippen LogP contribution in [0.4, 0.5) is 0 Å². The van der Waals surface area contributed by atoms with E-state index in [1.54, 1.807) is 24.7 Å². The number of hydrogen-bond donors (Lipinski definition) is 0. The number of sulfone groups is 1. The molecule has 0 fully saturated rings. The van der Waals surface area contributed by atoms with Crippen molar-refractivity contribution in [2.45, 2.75) is 5.75 Å². The van der Waals surface area contributed by atoms with Gasteiger partial charge in [-0.1, -0.05) is 6.07 Å². The summed E-state index contributed by atoms with van der Waals surface area (Å²) in [7, 11) is -3.34. The Kier molecular flexibility index (Phi) is 3.19. The second-order valence-electron chi connectivity index (χ2n) is 3.62. The van der Waals surface area contributed by atoms with E-state index in [4.69, 9.17) is 0 Å². The highest BCUT2D eigenvalue weighted by molar-refractivity contribution is 7.91. The van der Waals surface area contributed by atoms with Gasteiger partial charge in [-0.15, -0.1) is 0 Å². The molecule has 0 aliphatic rings. The van der Waals surface area contributed by atoms with Gasteiger partial charge >= 0.3 is 0 Å². The predicted molar refractivity (Wildman–Crippen MR) is 65.4 cm³/mol. The highest BCUT2D eigenvalue weighted by atomic mass is 32.2. The Morgan fingerprint density at radius 1 is 1.12 bits per heavy atom. The molecule has 87 valence electrons. The Bertz CT molecular complexity index is 609. The molecule has 0 saturated carbocycles. The summed E-state index contributed by atoms with van der Waals surface area (Å²) in [6, 6.07) is 7.24. The van der Waals surface area contributed by atoms with E-state index in [9.17, 15) is 8.42 Å². The molecular weight excluding hydrogens is 236 g/mol. The summed E-state index contributed by atoms with van der Waals surface area (Å²) >= 11 is 0. The van der Waals surface area contributed by atoms with Gasteiger partial charge < -0.3 is 0 Å². The van der Waals surface area contributed by atoms with Crippen molar-refractivity contribution in [3.05, 3.63) is 54.8 Å². The van der Waals surface area contributed by atoms with Crippen LogP contribution in [0.2, 0.25) is 0 Å². The lowest BCUT2D eigenvalue weighted by molar-refractivity contribution is 0.603. The summed E-state index contributed by atoms with van der Waals surface area (Å²) in [5.41, 5.74) is 2.20. The first-order valence-electron chi connectivity index (χ1n) is 4.96. The molecule has 0 bridgehead atoms. The smallest absolute Gasteiger partial charge is 0.157 e. The fraction of sp³-hybridized carbons (Fsp3) is 0.0833. The van der Waals surface area contributed by atoms with Gasteiger partial charge in [0.15, 0.2) is 9.84 Å². The van der Waals surface area contributed by atoms with Gasteiger partial charge in [0.1, 0.15) is 0 Å². The average molecular weight is 247 g/mol. The van der Waals surface area contributed by atoms with Crippen molar-refractivity contribution in [1.82, 2.24) is 9.97 Å². The van der Waals surface area contributed by atoms with Crippen LogP contribution >= 0.6 is 0 Å². The normalized spacial score (nSPS) is 11.4. The first-order valence-corrected chi connectivity index (χ1v) is 6.78. The van der Waals surface area contributed by atoms with E-state index in [1.807, 2.05) is 18.2 Å². The molecule has 0 spiro atoms. The minimum atomic E-state index is -3.34. The lowest BCUT2D eigenvalue weighted by Gasteiger charge is -2.07. The zero-order valence-corrected chi connectivity index (χ0v) is 9.89. The van der Waals surface area contributed by atoms with Crippen molar-refractivity contribution in [2.75, 3.05) is 0 Å². The van der Waals surface area contributed by atoms with Crippen molar-refractivity contribution in [1.29, 1.82) is 0 Å². The van der Waals surface area contributed by atoms with E-state index in [2.05, 4.69) is 16.2 Å². The van der Waals surface area contributed by atoms with Crippen LogP contribution in [0, 0.1) is 6.26 Å². The fourth-order valence-electron chi connectivity index (χ4n) is 1.56. The largest absolute Gasteiger partial charge is 0.265 e. The van der Waals surface area contributed by atoms with Gasteiger partial charge in [-0.3, -0.25) is 9.97 Å². The molecule has 0 aromatic carbocycles. The number of rotatable bonds is 3. The minimum absolute atomic E-state index is 0.161. The third-order valence-corrected chi connectivity index (χ3v) is 2.95. The first-order chi connectivity index (χ1) is 8.06. The average Bonchev–Trinajstić information content (AvgIpc) is 2.29. The zero-order valence-electron chi connectivity index (χ0n) is 9.07. The van der Waals surface area contributed by atoms with Crippen LogP contribution in [0.1, 0.15) is 5.69 Å². The lowest BCUT2D eigenvalue weighted by atomic mass is 10.1. The van der Waals surface area contributed by atoms with Gasteiger partial charge in [0.2, 0.25) is 0 Å². The van der Waals surface area contributed by atoms with Crippen molar-refractivity contribution in [3.63, 3.8) is 0 Å². The highest BCUT2D eigenvalue weighted by Crippen LogP contribution is 2.22. The van der Waals surface area contributed by atoms with E-state index in [0.29, 0.717) is 5.69 Å². The molecule has 0 amide bonds. The Labute approximate surface area is 100 Å². The minimum Gasteiger partial charge on any atom is -0.265 e. The molecule has 2 heterocycles. The number of pyridine rings is 2. The van der Waals surface area contributed by atoms with Gasteiger partial charge in [-0.05, 0) is 23.8 Å². The summed E-state index contributed by atoms with van der Waals surface area (Å²) in [6.45, 7) is 0. The van der Waals surface area contributed by atoms with E-state index < -0.39 is 9.84 Å². The molecule has 2 rings (SSSR count). The maximum atomic E-state index is 11.2. The van der Waals surface area contributed by atoms with Gasteiger partial charge in [0, 0.05) is 24.2 Å². The SMILES string of the molecule is [CH2]S(=O)(=O)Cc1ncccc1-c1ccncc1. The summed E-state index contributed by atoms with van der Waals surface area (Å²) in [6.07, 6.45) is 8.01. The molecule has 2 aromatic heterocycles. The Morgan fingerprint density at radius 2 is 1.82 bits per heavy atom. The standard InChI is InChI=1S/C12H11N2O2S/c1-17(15,16)9-12-11(3-2-6-14-12)10-4-7-13-8-5-10/h2-8H,1,9H2. The topological polar surface area (TPSA) is 59.9 Å². The molecule has 0 atom stereocenters. The first kappa shape index (κ1) is 11.7. The molecule has 0 unspecified atom stereocenters. The Morgan fingerprint density at radius 3 is 2.47 bits per heavy atom. The maximum absolute atomic E-state index is 11.2. The molecule has 0 aliphatic carbocycles. The van der Waals surface area contributed by atoms with Crippen molar-refractivity contribution in [2.24, 2.45) is 0 Å². The molecule has 0 saturated heterocycles. The van der Waals surface area contributed by atoms with Gasteiger partial charge in [0.05, 0.1) is 17.7 Å². The molecule has 17 heavy (non-hydrogen) atoms. The molecule has 0 aliphatic heterocycles. The summed E-state index contributed by atoms with van der Waals surface area (Å²) in [5.74, 6) is -0.161. The monoisotopic (exact) mass is 247 g/mol. The quantitative estimate of drug-likeness (QED) is 0.830. The van der Waals surface area contributed by atoms with E-state index >= 15 is 0 Å². The molecule has 1 radical (unpaired) electrons. The van der Waals surface area contributed by atoms with Crippen molar-refractivity contribution >= 4 is 9.84 Å². The third kappa shape index (κ3) is 3.10. The molecule has 0 N–H and O–H groups in total. The number of aromatic nitrogens is 2. The van der Waals surface area contributed by atoms with E-state index in [0.717, 1.165) is 11.1 Å². The van der Waals surface area contributed by atoms with E-state index in [1.165, 1.54) is 0 Å². The van der Waals surface area contributed by atoms with Gasteiger partial charge in [-0.2, -0.15) is 0 Å².